The third-order valence-corrected chi connectivity index (χ3v) is 4.42. The van der Waals surface area contributed by atoms with Crippen molar-refractivity contribution in [1.82, 2.24) is 20.0 Å². The van der Waals surface area contributed by atoms with Crippen LogP contribution in [0.15, 0.2) is 0 Å². The second kappa shape index (κ2) is 7.43. The van der Waals surface area contributed by atoms with E-state index in [4.69, 9.17) is 0 Å². The molecule has 2 fully saturated rings. The van der Waals surface area contributed by atoms with Crippen molar-refractivity contribution in [2.24, 2.45) is 0 Å². The van der Waals surface area contributed by atoms with Crippen LogP contribution in [0.5, 0.6) is 0 Å². The van der Waals surface area contributed by atoms with Gasteiger partial charge in [0, 0.05) is 51.9 Å². The third kappa shape index (κ3) is 4.19. The fourth-order valence-electron chi connectivity index (χ4n) is 3.15. The number of rotatable bonds is 4. The lowest BCUT2D eigenvalue weighted by molar-refractivity contribution is 0.0802. The maximum absolute atomic E-state index is 3.47. The molecular weight excluding hydrogens is 224 g/mol. The number of likely N-dealkylation sites (N-methyl/N-ethyl adjacent to an activating group) is 1. The Balaban J connectivity index is 1.67. The summed E-state index contributed by atoms with van der Waals surface area (Å²) in [5.41, 5.74) is 0. The number of piperazine rings is 1. The van der Waals surface area contributed by atoms with Gasteiger partial charge in [-0.25, -0.2) is 0 Å². The van der Waals surface area contributed by atoms with Gasteiger partial charge >= 0.3 is 0 Å². The summed E-state index contributed by atoms with van der Waals surface area (Å²) >= 11 is 0. The van der Waals surface area contributed by atoms with Crippen LogP contribution in [0.1, 0.15) is 20.3 Å². The molecule has 4 heteroatoms. The zero-order chi connectivity index (χ0) is 12.8. The maximum atomic E-state index is 3.47. The first-order chi connectivity index (χ1) is 8.79. The Bertz CT molecular complexity index is 226. The monoisotopic (exact) mass is 254 g/mol. The highest BCUT2D eigenvalue weighted by Gasteiger charge is 2.22. The Morgan fingerprint density at radius 1 is 1.00 bits per heavy atom. The van der Waals surface area contributed by atoms with Crippen LogP contribution >= 0.6 is 0 Å². The van der Waals surface area contributed by atoms with Crippen molar-refractivity contribution in [3.63, 3.8) is 0 Å². The van der Waals surface area contributed by atoms with Crippen molar-refractivity contribution < 1.29 is 0 Å². The normalized spacial score (nSPS) is 29.3. The average Bonchev–Trinajstić information content (AvgIpc) is 2.65. The molecule has 0 saturated carbocycles. The van der Waals surface area contributed by atoms with Gasteiger partial charge in [-0.2, -0.15) is 0 Å². The van der Waals surface area contributed by atoms with Crippen molar-refractivity contribution in [3.05, 3.63) is 0 Å². The van der Waals surface area contributed by atoms with Crippen LogP contribution in [0, 0.1) is 0 Å². The molecule has 2 saturated heterocycles. The summed E-state index contributed by atoms with van der Waals surface area (Å²) in [4.78, 5) is 7.86. The van der Waals surface area contributed by atoms with Crippen molar-refractivity contribution in [1.29, 1.82) is 0 Å². The summed E-state index contributed by atoms with van der Waals surface area (Å²) in [6.07, 6.45) is 1.31. The van der Waals surface area contributed by atoms with Crippen molar-refractivity contribution in [2.75, 3.05) is 65.4 Å². The Morgan fingerprint density at radius 2 is 1.83 bits per heavy atom. The average molecular weight is 254 g/mol. The van der Waals surface area contributed by atoms with Crippen molar-refractivity contribution in [3.8, 4) is 0 Å². The van der Waals surface area contributed by atoms with Gasteiger partial charge in [0.1, 0.15) is 0 Å². The maximum Gasteiger partial charge on any atom is 0.0195 e. The molecule has 0 aromatic carbocycles. The van der Waals surface area contributed by atoms with Gasteiger partial charge in [-0.1, -0.05) is 6.92 Å². The van der Waals surface area contributed by atoms with Crippen LogP contribution in [0.2, 0.25) is 0 Å². The molecular formula is C14H30N4. The Hall–Kier alpha value is -0.160. The van der Waals surface area contributed by atoms with E-state index < -0.39 is 0 Å². The van der Waals surface area contributed by atoms with Crippen LogP contribution in [0.4, 0.5) is 0 Å². The van der Waals surface area contributed by atoms with E-state index in [1.165, 1.54) is 71.9 Å². The lowest BCUT2D eigenvalue weighted by atomic mass is 10.2. The molecule has 106 valence electrons. The van der Waals surface area contributed by atoms with E-state index in [0.717, 1.165) is 6.04 Å². The van der Waals surface area contributed by atoms with E-state index in [-0.39, 0.29) is 0 Å². The highest BCUT2D eigenvalue weighted by Crippen LogP contribution is 2.08. The fourth-order valence-corrected chi connectivity index (χ4v) is 3.15. The number of hydrogen-bond acceptors (Lipinski definition) is 4. The summed E-state index contributed by atoms with van der Waals surface area (Å²) < 4.78 is 0. The molecule has 0 aliphatic carbocycles. The Kier molecular flexibility index (Phi) is 5.89. The number of nitrogens with zero attached hydrogens (tertiary/aromatic N) is 3. The summed E-state index contributed by atoms with van der Waals surface area (Å²) in [6.45, 7) is 17.0. The smallest absolute Gasteiger partial charge is 0.0195 e. The molecule has 0 spiro atoms. The standard InChI is InChI=1S/C14H30N4/c1-3-18-12-11-17(13-14(18)2)10-9-16-7-4-5-15-6-8-16/h14-15H,3-13H2,1-2H3. The van der Waals surface area contributed by atoms with Crippen molar-refractivity contribution in [2.45, 2.75) is 26.3 Å². The zero-order valence-corrected chi connectivity index (χ0v) is 12.2. The molecule has 0 aromatic rings. The molecule has 2 heterocycles. The lowest BCUT2D eigenvalue weighted by Crippen LogP contribution is -2.53. The number of nitrogens with one attached hydrogen (secondary N) is 1. The predicted octanol–water partition coefficient (Wildman–Crippen LogP) is 0.308. The van der Waals surface area contributed by atoms with Crippen LogP contribution in [0.3, 0.4) is 0 Å². The lowest BCUT2D eigenvalue weighted by Gasteiger charge is -2.40. The highest BCUT2D eigenvalue weighted by molar-refractivity contribution is 4.79. The summed E-state index contributed by atoms with van der Waals surface area (Å²) in [5, 5.41) is 3.47. The van der Waals surface area contributed by atoms with E-state index in [9.17, 15) is 0 Å². The van der Waals surface area contributed by atoms with Crippen LogP contribution in [0.25, 0.3) is 0 Å². The van der Waals surface area contributed by atoms with Crippen molar-refractivity contribution >= 4 is 0 Å². The van der Waals surface area contributed by atoms with E-state index in [1.807, 2.05) is 0 Å². The second-order valence-electron chi connectivity index (χ2n) is 5.72. The molecule has 18 heavy (non-hydrogen) atoms. The van der Waals surface area contributed by atoms with Gasteiger partial charge in [-0.05, 0) is 33.0 Å². The van der Waals surface area contributed by atoms with Gasteiger partial charge in [0.05, 0.1) is 0 Å². The Labute approximate surface area is 112 Å². The van der Waals surface area contributed by atoms with E-state index in [2.05, 4.69) is 33.9 Å². The SMILES string of the molecule is CCN1CCN(CCN2CCCNCC2)CC1C. The summed E-state index contributed by atoms with van der Waals surface area (Å²) in [7, 11) is 0. The molecule has 0 aromatic heterocycles. The molecule has 2 aliphatic rings. The van der Waals surface area contributed by atoms with Gasteiger partial charge < -0.3 is 10.2 Å². The second-order valence-corrected chi connectivity index (χ2v) is 5.72. The first-order valence-electron chi connectivity index (χ1n) is 7.69. The largest absolute Gasteiger partial charge is 0.315 e. The van der Waals surface area contributed by atoms with Gasteiger partial charge in [0.25, 0.3) is 0 Å². The van der Waals surface area contributed by atoms with Crippen LogP contribution in [-0.4, -0.2) is 86.2 Å². The summed E-state index contributed by atoms with van der Waals surface area (Å²) in [6, 6.07) is 0.731. The van der Waals surface area contributed by atoms with Gasteiger partial charge in [-0.3, -0.25) is 9.80 Å². The zero-order valence-electron chi connectivity index (χ0n) is 12.2. The van der Waals surface area contributed by atoms with Gasteiger partial charge in [0.15, 0.2) is 0 Å². The Morgan fingerprint density at radius 3 is 2.61 bits per heavy atom. The van der Waals surface area contributed by atoms with E-state index in [0.29, 0.717) is 0 Å². The molecule has 4 nitrogen and oxygen atoms in total. The van der Waals surface area contributed by atoms with Crippen LogP contribution in [-0.2, 0) is 0 Å². The molecule has 0 amide bonds. The minimum absolute atomic E-state index is 0.731. The first kappa shape index (κ1) is 14.3. The van der Waals surface area contributed by atoms with E-state index in [1.54, 1.807) is 0 Å². The highest BCUT2D eigenvalue weighted by atomic mass is 15.3. The topological polar surface area (TPSA) is 21.8 Å². The first-order valence-corrected chi connectivity index (χ1v) is 7.69. The predicted molar refractivity (Wildman–Crippen MR) is 77.1 cm³/mol. The molecule has 2 aliphatic heterocycles. The van der Waals surface area contributed by atoms with Gasteiger partial charge in [0.2, 0.25) is 0 Å². The quantitative estimate of drug-likeness (QED) is 0.779. The molecule has 1 atom stereocenters. The molecule has 1 N–H and O–H groups in total. The molecule has 1 unspecified atom stereocenters. The fraction of sp³-hybridized carbons (Fsp3) is 1.00. The minimum atomic E-state index is 0.731. The molecule has 0 radical (unpaired) electrons. The van der Waals surface area contributed by atoms with Crippen LogP contribution < -0.4 is 5.32 Å². The minimum Gasteiger partial charge on any atom is -0.315 e. The molecule has 0 bridgehead atoms. The number of hydrogen-bond donors (Lipinski definition) is 1. The third-order valence-electron chi connectivity index (χ3n) is 4.42. The molecule has 2 rings (SSSR count). The van der Waals surface area contributed by atoms with Gasteiger partial charge in [-0.15, -0.1) is 0 Å². The van der Waals surface area contributed by atoms with E-state index >= 15 is 0 Å². The summed E-state index contributed by atoms with van der Waals surface area (Å²) in [5.74, 6) is 0.